The average Bonchev–Trinajstić information content (AvgIpc) is 2.46. The van der Waals surface area contributed by atoms with Crippen LogP contribution in [-0.2, 0) is 0 Å². The van der Waals surface area contributed by atoms with Gasteiger partial charge < -0.3 is 10.2 Å². The number of nitrogens with one attached hydrogen (secondary N) is 1. The van der Waals surface area contributed by atoms with Gasteiger partial charge in [-0.05, 0) is 34.5 Å². The van der Waals surface area contributed by atoms with E-state index in [2.05, 4.69) is 38.1 Å². The first kappa shape index (κ1) is 14.7. The Morgan fingerprint density at radius 3 is 2.75 bits per heavy atom. The molecule has 0 bridgehead atoms. The van der Waals surface area contributed by atoms with Crippen molar-refractivity contribution in [3.05, 3.63) is 40.9 Å². The van der Waals surface area contributed by atoms with Crippen LogP contribution in [0.15, 0.2) is 35.1 Å². The minimum absolute atomic E-state index is 0.288. The molecular formula is C14H16BrFN4. The third-order valence-corrected chi connectivity index (χ3v) is 3.58. The summed E-state index contributed by atoms with van der Waals surface area (Å²) in [5, 5.41) is 3.21. The van der Waals surface area contributed by atoms with Crippen LogP contribution in [0.25, 0.3) is 0 Å². The van der Waals surface area contributed by atoms with Crippen molar-refractivity contribution in [2.24, 2.45) is 0 Å². The minimum atomic E-state index is -0.288. The van der Waals surface area contributed by atoms with Gasteiger partial charge in [0.1, 0.15) is 22.4 Å². The fraction of sp³-hybridized carbons (Fsp3) is 0.286. The zero-order chi connectivity index (χ0) is 14.5. The molecule has 0 unspecified atom stereocenters. The predicted molar refractivity (Wildman–Crippen MR) is 83.0 cm³/mol. The van der Waals surface area contributed by atoms with E-state index in [-0.39, 0.29) is 5.82 Å². The van der Waals surface area contributed by atoms with Crippen molar-refractivity contribution >= 4 is 33.3 Å². The van der Waals surface area contributed by atoms with E-state index in [1.807, 2.05) is 0 Å². The van der Waals surface area contributed by atoms with Crippen LogP contribution in [0, 0.1) is 5.82 Å². The fourth-order valence-electron chi connectivity index (χ4n) is 1.80. The van der Waals surface area contributed by atoms with Crippen LogP contribution in [0.4, 0.5) is 21.7 Å². The second-order valence-electron chi connectivity index (χ2n) is 4.30. The van der Waals surface area contributed by atoms with E-state index < -0.39 is 0 Å². The van der Waals surface area contributed by atoms with Gasteiger partial charge in [0.25, 0.3) is 0 Å². The molecule has 0 saturated heterocycles. The number of benzene rings is 1. The number of halogens is 2. The molecule has 2 aromatic rings. The van der Waals surface area contributed by atoms with Gasteiger partial charge >= 0.3 is 0 Å². The molecule has 1 aromatic carbocycles. The maximum atomic E-state index is 13.8. The lowest BCUT2D eigenvalue weighted by molar-refractivity contribution is 0.627. The van der Waals surface area contributed by atoms with Crippen molar-refractivity contribution in [3.8, 4) is 0 Å². The molecular weight excluding hydrogens is 323 g/mol. The second-order valence-corrected chi connectivity index (χ2v) is 5.09. The van der Waals surface area contributed by atoms with Crippen molar-refractivity contribution in [1.82, 2.24) is 9.97 Å². The third-order valence-electron chi connectivity index (χ3n) is 2.85. The summed E-state index contributed by atoms with van der Waals surface area (Å²) in [6.45, 7) is 2.90. The highest BCUT2D eigenvalue weighted by atomic mass is 79.9. The lowest BCUT2D eigenvalue weighted by Crippen LogP contribution is -2.15. The van der Waals surface area contributed by atoms with Crippen molar-refractivity contribution in [2.75, 3.05) is 23.8 Å². The SMILES string of the molecule is CCCNc1ncnc(N(C)c2ccccc2F)c1Br. The zero-order valence-electron chi connectivity index (χ0n) is 11.4. The number of rotatable bonds is 5. The van der Waals surface area contributed by atoms with E-state index in [0.29, 0.717) is 17.3 Å². The highest BCUT2D eigenvalue weighted by Gasteiger charge is 2.15. The van der Waals surface area contributed by atoms with E-state index in [9.17, 15) is 4.39 Å². The number of anilines is 3. The summed E-state index contributed by atoms with van der Waals surface area (Å²) in [5.41, 5.74) is 0.466. The number of hydrogen-bond donors (Lipinski definition) is 1. The van der Waals surface area contributed by atoms with Crippen LogP contribution in [0.5, 0.6) is 0 Å². The average molecular weight is 339 g/mol. The Morgan fingerprint density at radius 2 is 2.05 bits per heavy atom. The molecule has 2 rings (SSSR count). The van der Waals surface area contributed by atoms with E-state index in [0.717, 1.165) is 17.4 Å². The van der Waals surface area contributed by atoms with Crippen LogP contribution < -0.4 is 10.2 Å². The van der Waals surface area contributed by atoms with Crippen molar-refractivity contribution in [1.29, 1.82) is 0 Å². The standard InChI is InChI=1S/C14H16BrFN4/c1-3-8-17-13-12(15)14(19-9-18-13)20(2)11-7-5-4-6-10(11)16/h4-7,9H,3,8H2,1-2H3,(H,17,18,19). The normalized spacial score (nSPS) is 10.4. The first-order valence-electron chi connectivity index (χ1n) is 6.37. The Hall–Kier alpha value is -1.69. The Balaban J connectivity index is 2.35. The summed E-state index contributed by atoms with van der Waals surface area (Å²) >= 11 is 3.48. The predicted octanol–water partition coefficient (Wildman–Crippen LogP) is 3.97. The molecule has 1 heterocycles. The van der Waals surface area contributed by atoms with Crippen LogP contribution in [0.3, 0.4) is 0 Å². The van der Waals surface area contributed by atoms with Gasteiger partial charge in [0.15, 0.2) is 5.82 Å². The van der Waals surface area contributed by atoms with E-state index >= 15 is 0 Å². The molecule has 0 amide bonds. The molecule has 0 atom stereocenters. The summed E-state index contributed by atoms with van der Waals surface area (Å²) in [6.07, 6.45) is 2.46. The fourth-order valence-corrected chi connectivity index (χ4v) is 2.41. The van der Waals surface area contributed by atoms with Gasteiger partial charge in [0, 0.05) is 13.6 Å². The lowest BCUT2D eigenvalue weighted by Gasteiger charge is -2.21. The number of hydrogen-bond acceptors (Lipinski definition) is 4. The monoisotopic (exact) mass is 338 g/mol. The molecule has 0 aliphatic rings. The Labute approximate surface area is 126 Å². The van der Waals surface area contributed by atoms with Gasteiger partial charge in [0.2, 0.25) is 0 Å². The Kier molecular flexibility index (Phi) is 4.89. The number of nitrogens with zero attached hydrogens (tertiary/aromatic N) is 3. The van der Waals surface area contributed by atoms with Gasteiger partial charge in [-0.25, -0.2) is 14.4 Å². The molecule has 0 spiro atoms. The smallest absolute Gasteiger partial charge is 0.152 e. The van der Waals surface area contributed by atoms with Gasteiger partial charge in [0.05, 0.1) is 5.69 Å². The van der Waals surface area contributed by atoms with Crippen LogP contribution in [0.2, 0.25) is 0 Å². The lowest BCUT2D eigenvalue weighted by atomic mass is 10.3. The quantitative estimate of drug-likeness (QED) is 0.895. The molecule has 0 aliphatic carbocycles. The van der Waals surface area contributed by atoms with Crippen molar-refractivity contribution in [3.63, 3.8) is 0 Å². The van der Waals surface area contributed by atoms with Gasteiger partial charge in [-0.3, -0.25) is 0 Å². The number of para-hydroxylation sites is 1. The Morgan fingerprint density at radius 1 is 1.30 bits per heavy atom. The molecule has 20 heavy (non-hydrogen) atoms. The van der Waals surface area contributed by atoms with Gasteiger partial charge in [-0.2, -0.15) is 0 Å². The van der Waals surface area contributed by atoms with Crippen LogP contribution >= 0.6 is 15.9 Å². The van der Waals surface area contributed by atoms with E-state index in [1.165, 1.54) is 12.4 Å². The van der Waals surface area contributed by atoms with Crippen LogP contribution in [0.1, 0.15) is 13.3 Å². The second kappa shape index (κ2) is 6.65. The highest BCUT2D eigenvalue weighted by Crippen LogP contribution is 2.33. The molecule has 4 nitrogen and oxygen atoms in total. The van der Waals surface area contributed by atoms with E-state index in [4.69, 9.17) is 0 Å². The Bertz CT molecular complexity index is 591. The molecule has 106 valence electrons. The molecule has 1 N–H and O–H groups in total. The summed E-state index contributed by atoms with van der Waals surface area (Å²) in [6, 6.07) is 6.59. The molecule has 0 saturated carbocycles. The van der Waals surface area contributed by atoms with Crippen LogP contribution in [-0.4, -0.2) is 23.6 Å². The minimum Gasteiger partial charge on any atom is -0.369 e. The zero-order valence-corrected chi connectivity index (χ0v) is 13.0. The summed E-state index contributed by atoms with van der Waals surface area (Å²) < 4.78 is 14.6. The van der Waals surface area contributed by atoms with Gasteiger partial charge in [-0.1, -0.05) is 19.1 Å². The molecule has 0 radical (unpaired) electrons. The highest BCUT2D eigenvalue weighted by molar-refractivity contribution is 9.10. The number of aromatic nitrogens is 2. The molecule has 1 aromatic heterocycles. The van der Waals surface area contributed by atoms with E-state index in [1.54, 1.807) is 30.1 Å². The van der Waals surface area contributed by atoms with Crippen molar-refractivity contribution < 1.29 is 4.39 Å². The maximum absolute atomic E-state index is 13.8. The molecule has 0 aliphatic heterocycles. The molecule has 0 fully saturated rings. The summed E-state index contributed by atoms with van der Waals surface area (Å²) in [5.74, 6) is 1.03. The third kappa shape index (κ3) is 3.07. The summed E-state index contributed by atoms with van der Waals surface area (Å²) in [7, 11) is 1.77. The maximum Gasteiger partial charge on any atom is 0.152 e. The molecule has 6 heteroatoms. The van der Waals surface area contributed by atoms with Gasteiger partial charge in [-0.15, -0.1) is 0 Å². The van der Waals surface area contributed by atoms with Crippen molar-refractivity contribution in [2.45, 2.75) is 13.3 Å². The first-order chi connectivity index (χ1) is 9.65. The topological polar surface area (TPSA) is 41.1 Å². The largest absolute Gasteiger partial charge is 0.369 e. The summed E-state index contributed by atoms with van der Waals surface area (Å²) in [4.78, 5) is 10.1. The first-order valence-corrected chi connectivity index (χ1v) is 7.17.